The Hall–Kier alpha value is -2.33. The van der Waals surface area contributed by atoms with Gasteiger partial charge < -0.3 is 10.2 Å². The molecule has 3 rings (SSSR count). The van der Waals surface area contributed by atoms with Crippen molar-refractivity contribution in [3.63, 3.8) is 0 Å². The van der Waals surface area contributed by atoms with Crippen molar-refractivity contribution < 1.29 is 9.59 Å². The van der Waals surface area contributed by atoms with E-state index in [1.807, 2.05) is 60.4 Å². The van der Waals surface area contributed by atoms with Crippen LogP contribution in [0, 0.1) is 12.8 Å². The predicted molar refractivity (Wildman–Crippen MR) is 107 cm³/mol. The minimum absolute atomic E-state index is 0.0425. The lowest BCUT2D eigenvalue weighted by atomic mass is 9.95. The highest BCUT2D eigenvalue weighted by atomic mass is 35.5. The Morgan fingerprint density at radius 1 is 1.04 bits per heavy atom. The number of aryl methyl sites for hydroxylation is 1. The van der Waals surface area contributed by atoms with E-state index >= 15 is 0 Å². The van der Waals surface area contributed by atoms with Gasteiger partial charge in [0.15, 0.2) is 0 Å². The van der Waals surface area contributed by atoms with Gasteiger partial charge in [0.1, 0.15) is 0 Å². The molecule has 27 heavy (non-hydrogen) atoms. The average Bonchev–Trinajstić information content (AvgIpc) is 2.69. The first-order chi connectivity index (χ1) is 13.0. The SMILES string of the molecule is Cc1ccccc1CC(=O)N1CCC(C(=O)NCc2ccccc2Cl)CC1. The van der Waals surface area contributed by atoms with Crippen LogP contribution < -0.4 is 5.32 Å². The van der Waals surface area contributed by atoms with E-state index in [9.17, 15) is 9.59 Å². The van der Waals surface area contributed by atoms with Crippen molar-refractivity contribution in [2.24, 2.45) is 5.92 Å². The number of nitrogens with one attached hydrogen (secondary N) is 1. The van der Waals surface area contributed by atoms with Gasteiger partial charge in [0.25, 0.3) is 0 Å². The Balaban J connectivity index is 1.47. The first-order valence-electron chi connectivity index (χ1n) is 9.38. The Bertz CT molecular complexity index is 813. The largest absolute Gasteiger partial charge is 0.352 e. The van der Waals surface area contributed by atoms with Crippen molar-refractivity contribution in [1.82, 2.24) is 10.2 Å². The molecule has 2 aromatic carbocycles. The van der Waals surface area contributed by atoms with Crippen LogP contribution in [-0.4, -0.2) is 29.8 Å². The van der Waals surface area contributed by atoms with Crippen molar-refractivity contribution in [2.75, 3.05) is 13.1 Å². The van der Waals surface area contributed by atoms with E-state index in [0.29, 0.717) is 43.9 Å². The highest BCUT2D eigenvalue weighted by molar-refractivity contribution is 6.31. The van der Waals surface area contributed by atoms with Gasteiger partial charge in [-0.25, -0.2) is 0 Å². The number of likely N-dealkylation sites (tertiary alicyclic amines) is 1. The fraction of sp³-hybridized carbons (Fsp3) is 0.364. The molecule has 1 saturated heterocycles. The van der Waals surface area contributed by atoms with Gasteiger partial charge in [-0.1, -0.05) is 54.1 Å². The summed E-state index contributed by atoms with van der Waals surface area (Å²) in [6.07, 6.45) is 1.83. The van der Waals surface area contributed by atoms with Crippen molar-refractivity contribution in [1.29, 1.82) is 0 Å². The van der Waals surface area contributed by atoms with Gasteiger partial charge in [-0.05, 0) is 42.5 Å². The molecular formula is C22H25ClN2O2. The average molecular weight is 385 g/mol. The monoisotopic (exact) mass is 384 g/mol. The Labute approximate surface area is 165 Å². The van der Waals surface area contributed by atoms with Crippen molar-refractivity contribution in [3.05, 3.63) is 70.2 Å². The maximum atomic E-state index is 12.6. The van der Waals surface area contributed by atoms with Crippen LogP contribution in [0.3, 0.4) is 0 Å². The summed E-state index contributed by atoms with van der Waals surface area (Å²) in [6.45, 7) is 3.73. The summed E-state index contributed by atoms with van der Waals surface area (Å²) in [5, 5.41) is 3.64. The first-order valence-corrected chi connectivity index (χ1v) is 9.76. The van der Waals surface area contributed by atoms with E-state index in [-0.39, 0.29) is 17.7 Å². The number of benzene rings is 2. The summed E-state index contributed by atoms with van der Waals surface area (Å²) in [6, 6.07) is 15.5. The standard InChI is InChI=1S/C22H25ClN2O2/c1-16-6-2-3-7-18(16)14-21(26)25-12-10-17(11-13-25)22(27)24-15-19-8-4-5-9-20(19)23/h2-9,17H,10-15H2,1H3,(H,24,27). The smallest absolute Gasteiger partial charge is 0.226 e. The Kier molecular flexibility index (Phi) is 6.51. The molecule has 0 aromatic heterocycles. The molecule has 0 bridgehead atoms. The lowest BCUT2D eigenvalue weighted by Crippen LogP contribution is -2.43. The molecule has 1 N–H and O–H groups in total. The molecule has 5 heteroatoms. The zero-order valence-corrected chi connectivity index (χ0v) is 16.3. The highest BCUT2D eigenvalue weighted by Crippen LogP contribution is 2.20. The van der Waals surface area contributed by atoms with Crippen LogP contribution in [0.25, 0.3) is 0 Å². The molecule has 4 nitrogen and oxygen atoms in total. The summed E-state index contributed by atoms with van der Waals surface area (Å²) in [4.78, 5) is 26.9. The van der Waals surface area contributed by atoms with Crippen LogP contribution in [0.1, 0.15) is 29.5 Å². The minimum Gasteiger partial charge on any atom is -0.352 e. The summed E-state index contributed by atoms with van der Waals surface area (Å²) < 4.78 is 0. The van der Waals surface area contributed by atoms with Gasteiger partial charge in [0, 0.05) is 30.6 Å². The molecule has 0 saturated carbocycles. The third-order valence-electron chi connectivity index (χ3n) is 5.23. The molecule has 1 aliphatic rings. The number of nitrogens with zero attached hydrogens (tertiary/aromatic N) is 1. The highest BCUT2D eigenvalue weighted by Gasteiger charge is 2.27. The van der Waals surface area contributed by atoms with Crippen LogP contribution in [-0.2, 0) is 22.6 Å². The number of amides is 2. The van der Waals surface area contributed by atoms with E-state index < -0.39 is 0 Å². The number of hydrogen-bond donors (Lipinski definition) is 1. The molecule has 2 aromatic rings. The normalized spacial score (nSPS) is 14.8. The fourth-order valence-electron chi connectivity index (χ4n) is 3.44. The molecule has 1 aliphatic heterocycles. The van der Waals surface area contributed by atoms with Gasteiger partial charge in [-0.15, -0.1) is 0 Å². The number of hydrogen-bond acceptors (Lipinski definition) is 2. The third kappa shape index (κ3) is 5.10. The lowest BCUT2D eigenvalue weighted by molar-refractivity contribution is -0.135. The Morgan fingerprint density at radius 3 is 2.33 bits per heavy atom. The van der Waals surface area contributed by atoms with E-state index in [4.69, 9.17) is 11.6 Å². The lowest BCUT2D eigenvalue weighted by Gasteiger charge is -2.31. The molecule has 2 amide bonds. The number of carbonyl (C=O) groups is 2. The van der Waals surface area contributed by atoms with Gasteiger partial charge in [0.2, 0.25) is 11.8 Å². The second kappa shape index (κ2) is 9.05. The summed E-state index contributed by atoms with van der Waals surface area (Å²) >= 11 is 6.13. The maximum Gasteiger partial charge on any atom is 0.226 e. The third-order valence-corrected chi connectivity index (χ3v) is 5.60. The van der Waals surface area contributed by atoms with Crippen LogP contribution in [0.15, 0.2) is 48.5 Å². The van der Waals surface area contributed by atoms with Gasteiger partial charge >= 0.3 is 0 Å². The molecule has 0 unspecified atom stereocenters. The summed E-state index contributed by atoms with van der Waals surface area (Å²) in [5.74, 6) is 0.134. The minimum atomic E-state index is -0.0463. The zero-order chi connectivity index (χ0) is 19.2. The summed E-state index contributed by atoms with van der Waals surface area (Å²) in [7, 11) is 0. The van der Waals surface area contributed by atoms with Gasteiger partial charge in [-0.2, -0.15) is 0 Å². The fourth-order valence-corrected chi connectivity index (χ4v) is 3.65. The van der Waals surface area contributed by atoms with Gasteiger partial charge in [0.05, 0.1) is 6.42 Å². The summed E-state index contributed by atoms with van der Waals surface area (Å²) in [5.41, 5.74) is 3.13. The molecule has 0 aliphatic carbocycles. The molecule has 1 heterocycles. The number of rotatable bonds is 5. The quantitative estimate of drug-likeness (QED) is 0.853. The van der Waals surface area contributed by atoms with Gasteiger partial charge in [-0.3, -0.25) is 9.59 Å². The van der Waals surface area contributed by atoms with Crippen molar-refractivity contribution >= 4 is 23.4 Å². The van der Waals surface area contributed by atoms with E-state index in [2.05, 4.69) is 5.32 Å². The Morgan fingerprint density at radius 2 is 1.67 bits per heavy atom. The van der Waals surface area contributed by atoms with E-state index in [0.717, 1.165) is 16.7 Å². The topological polar surface area (TPSA) is 49.4 Å². The molecule has 0 radical (unpaired) electrons. The predicted octanol–water partition coefficient (Wildman–Crippen LogP) is 3.75. The number of carbonyl (C=O) groups excluding carboxylic acids is 2. The number of halogens is 1. The maximum absolute atomic E-state index is 12.6. The van der Waals surface area contributed by atoms with E-state index in [1.165, 1.54) is 0 Å². The molecule has 142 valence electrons. The van der Waals surface area contributed by atoms with Crippen LogP contribution >= 0.6 is 11.6 Å². The van der Waals surface area contributed by atoms with E-state index in [1.54, 1.807) is 0 Å². The van der Waals surface area contributed by atoms with Crippen LogP contribution in [0.2, 0.25) is 5.02 Å². The second-order valence-corrected chi connectivity index (χ2v) is 7.47. The molecular weight excluding hydrogens is 360 g/mol. The van der Waals surface area contributed by atoms with Crippen molar-refractivity contribution in [3.8, 4) is 0 Å². The molecule has 1 fully saturated rings. The van der Waals surface area contributed by atoms with Crippen LogP contribution in [0.4, 0.5) is 0 Å². The zero-order valence-electron chi connectivity index (χ0n) is 15.6. The first kappa shape index (κ1) is 19.4. The van der Waals surface area contributed by atoms with Crippen LogP contribution in [0.5, 0.6) is 0 Å². The molecule has 0 spiro atoms. The van der Waals surface area contributed by atoms with Crippen molar-refractivity contribution in [2.45, 2.75) is 32.7 Å². The second-order valence-electron chi connectivity index (χ2n) is 7.07. The molecule has 0 atom stereocenters. The number of piperidine rings is 1.